The summed E-state index contributed by atoms with van der Waals surface area (Å²) in [5, 5.41) is 0. The van der Waals surface area contributed by atoms with E-state index in [4.69, 9.17) is 4.74 Å². The number of thiazole rings is 1. The molecule has 0 saturated carbocycles. The van der Waals surface area contributed by atoms with E-state index in [1.807, 2.05) is 54.9 Å². The number of ether oxygens (including phenoxy) is 1. The summed E-state index contributed by atoms with van der Waals surface area (Å²) in [6.45, 7) is 2.52. The van der Waals surface area contributed by atoms with Crippen molar-refractivity contribution in [3.8, 4) is 5.75 Å². The third-order valence-corrected chi connectivity index (χ3v) is 7.17. The van der Waals surface area contributed by atoms with Gasteiger partial charge in [0.25, 0.3) is 0 Å². The van der Waals surface area contributed by atoms with Crippen molar-refractivity contribution in [1.82, 2.24) is 4.57 Å². The number of carbonyl (C=O) groups excluding carboxylic acids is 1. The summed E-state index contributed by atoms with van der Waals surface area (Å²) < 4.78 is 32.8. The van der Waals surface area contributed by atoms with E-state index in [1.54, 1.807) is 12.1 Å². The summed E-state index contributed by atoms with van der Waals surface area (Å²) in [5.74, 6) is 0.432. The molecule has 0 aliphatic carbocycles. The van der Waals surface area contributed by atoms with Crippen LogP contribution in [-0.4, -0.2) is 31.3 Å². The Morgan fingerprint density at radius 1 is 1.17 bits per heavy atom. The Hall–Kier alpha value is -2.45. The molecule has 0 saturated heterocycles. The predicted octanol–water partition coefficient (Wildman–Crippen LogP) is 3.46. The van der Waals surface area contributed by atoms with E-state index < -0.39 is 9.84 Å². The quantitative estimate of drug-likeness (QED) is 0.546. The highest BCUT2D eigenvalue weighted by Crippen LogP contribution is 2.22. The van der Waals surface area contributed by atoms with E-state index >= 15 is 0 Å². The molecule has 0 atom stereocenters. The van der Waals surface area contributed by atoms with E-state index in [1.165, 1.54) is 11.3 Å². The van der Waals surface area contributed by atoms with Crippen LogP contribution in [0.15, 0.2) is 53.5 Å². The number of rotatable bonds is 8. The molecule has 0 radical (unpaired) electrons. The number of sulfone groups is 1. The molecule has 0 unspecified atom stereocenters. The highest BCUT2D eigenvalue weighted by atomic mass is 32.2. The highest BCUT2D eigenvalue weighted by molar-refractivity contribution is 7.90. The van der Waals surface area contributed by atoms with Crippen LogP contribution in [0.1, 0.15) is 25.3 Å². The maximum atomic E-state index is 12.3. The molecule has 1 heterocycles. The number of hydrogen-bond donors (Lipinski definition) is 0. The Kier molecular flexibility index (Phi) is 6.87. The number of carbonyl (C=O) groups is 1. The van der Waals surface area contributed by atoms with Crippen LogP contribution >= 0.6 is 11.3 Å². The van der Waals surface area contributed by atoms with Gasteiger partial charge in [-0.2, -0.15) is 4.99 Å². The van der Waals surface area contributed by atoms with Gasteiger partial charge in [-0.3, -0.25) is 4.79 Å². The van der Waals surface area contributed by atoms with Gasteiger partial charge in [-0.1, -0.05) is 41.7 Å². The lowest BCUT2D eigenvalue weighted by molar-refractivity contribution is -0.118. The molecule has 0 N–H and O–H groups in total. The molecule has 0 fully saturated rings. The summed E-state index contributed by atoms with van der Waals surface area (Å²) in [6.07, 6.45) is 0.368. The lowest BCUT2D eigenvalue weighted by Crippen LogP contribution is -2.14. The molecule has 1 aromatic heterocycles. The third-order valence-electron chi connectivity index (χ3n) is 4.39. The molecule has 29 heavy (non-hydrogen) atoms. The smallest absolute Gasteiger partial charge is 0.248 e. The molecule has 154 valence electrons. The number of nitrogens with zero attached hydrogens (tertiary/aromatic N) is 2. The van der Waals surface area contributed by atoms with Gasteiger partial charge in [0, 0.05) is 13.5 Å². The van der Waals surface area contributed by atoms with E-state index in [0.29, 0.717) is 11.4 Å². The van der Waals surface area contributed by atoms with Crippen LogP contribution < -0.4 is 9.54 Å². The number of amides is 1. The number of benzene rings is 2. The molecule has 0 spiro atoms. The highest BCUT2D eigenvalue weighted by Gasteiger charge is 2.13. The fraction of sp³-hybridized carbons (Fsp3) is 0.333. The lowest BCUT2D eigenvalue weighted by Gasteiger charge is -2.03. The van der Waals surface area contributed by atoms with Crippen molar-refractivity contribution in [2.24, 2.45) is 12.0 Å². The summed E-state index contributed by atoms with van der Waals surface area (Å²) in [7, 11) is -1.40. The molecule has 0 bridgehead atoms. The van der Waals surface area contributed by atoms with Gasteiger partial charge in [-0.15, -0.1) is 0 Å². The average Bonchev–Trinajstić information content (AvgIpc) is 2.97. The van der Waals surface area contributed by atoms with E-state index in [2.05, 4.69) is 4.99 Å². The molecule has 3 rings (SSSR count). The first-order valence-electron chi connectivity index (χ1n) is 9.42. The van der Waals surface area contributed by atoms with Crippen LogP contribution in [0.2, 0.25) is 0 Å². The zero-order valence-corrected chi connectivity index (χ0v) is 18.1. The largest absolute Gasteiger partial charge is 0.494 e. The Labute approximate surface area is 174 Å². The maximum absolute atomic E-state index is 12.3. The van der Waals surface area contributed by atoms with Crippen molar-refractivity contribution < 1.29 is 17.9 Å². The van der Waals surface area contributed by atoms with Gasteiger partial charge < -0.3 is 9.30 Å². The summed E-state index contributed by atoms with van der Waals surface area (Å²) in [6, 6.07) is 14.8. The zero-order valence-electron chi connectivity index (χ0n) is 16.5. The monoisotopic (exact) mass is 432 g/mol. The molecule has 8 heteroatoms. The van der Waals surface area contributed by atoms with Crippen molar-refractivity contribution in [1.29, 1.82) is 0 Å². The molecular weight excluding hydrogens is 408 g/mol. The Bertz CT molecular complexity index is 1160. The normalized spacial score (nSPS) is 12.4. The molecule has 0 aliphatic heterocycles. The van der Waals surface area contributed by atoms with Crippen LogP contribution in [0.4, 0.5) is 0 Å². The third kappa shape index (κ3) is 5.77. The van der Waals surface area contributed by atoms with Gasteiger partial charge >= 0.3 is 0 Å². The number of hydrogen-bond acceptors (Lipinski definition) is 5. The van der Waals surface area contributed by atoms with E-state index in [-0.39, 0.29) is 30.3 Å². The second-order valence-electron chi connectivity index (χ2n) is 6.69. The lowest BCUT2D eigenvalue weighted by atomic mass is 10.2. The van der Waals surface area contributed by atoms with Crippen LogP contribution in [-0.2, 0) is 27.4 Å². The topological polar surface area (TPSA) is 77.7 Å². The first-order chi connectivity index (χ1) is 13.9. The molecule has 0 aliphatic rings. The van der Waals surface area contributed by atoms with Crippen molar-refractivity contribution in [3.63, 3.8) is 0 Å². The number of aromatic nitrogens is 1. The predicted molar refractivity (Wildman–Crippen MR) is 116 cm³/mol. The van der Waals surface area contributed by atoms with Crippen molar-refractivity contribution in [2.75, 3.05) is 12.4 Å². The average molecular weight is 433 g/mol. The SMILES string of the molecule is CCOc1ccc2c(c1)sc(=NC(=O)CCCS(=O)(=O)Cc1ccccc1)n2C. The standard InChI is InChI=1S/C21H24N2O4S2/c1-3-27-17-11-12-18-19(14-17)28-21(23(18)2)22-20(24)10-7-13-29(25,26)15-16-8-5-4-6-9-16/h4-6,8-9,11-12,14H,3,7,10,13,15H2,1-2H3. The van der Waals surface area contributed by atoms with Crippen molar-refractivity contribution in [2.45, 2.75) is 25.5 Å². The summed E-state index contributed by atoms with van der Waals surface area (Å²) >= 11 is 1.41. The summed E-state index contributed by atoms with van der Waals surface area (Å²) in [4.78, 5) is 17.0. The Morgan fingerprint density at radius 3 is 2.66 bits per heavy atom. The molecule has 6 nitrogen and oxygen atoms in total. The Morgan fingerprint density at radius 2 is 1.93 bits per heavy atom. The second kappa shape index (κ2) is 9.37. The van der Waals surface area contributed by atoms with Crippen LogP contribution in [0.5, 0.6) is 5.75 Å². The first kappa shape index (κ1) is 21.3. The summed E-state index contributed by atoms with van der Waals surface area (Å²) in [5.41, 5.74) is 1.72. The van der Waals surface area contributed by atoms with Gasteiger partial charge in [0.2, 0.25) is 5.91 Å². The number of aryl methyl sites for hydroxylation is 1. The van der Waals surface area contributed by atoms with Crippen LogP contribution in [0.25, 0.3) is 10.2 Å². The fourth-order valence-electron chi connectivity index (χ4n) is 2.98. The van der Waals surface area contributed by atoms with Gasteiger partial charge in [0.1, 0.15) is 5.75 Å². The van der Waals surface area contributed by atoms with Gasteiger partial charge in [0.15, 0.2) is 14.6 Å². The minimum Gasteiger partial charge on any atom is -0.494 e. The molecule has 1 amide bonds. The van der Waals surface area contributed by atoms with Gasteiger partial charge in [0.05, 0.1) is 28.3 Å². The van der Waals surface area contributed by atoms with Crippen LogP contribution in [0, 0.1) is 0 Å². The number of fused-ring (bicyclic) bond motifs is 1. The van der Waals surface area contributed by atoms with Crippen LogP contribution in [0.3, 0.4) is 0 Å². The van der Waals surface area contributed by atoms with Crippen molar-refractivity contribution >= 4 is 37.3 Å². The molecule has 2 aromatic carbocycles. The second-order valence-corrected chi connectivity index (χ2v) is 9.89. The van der Waals surface area contributed by atoms with E-state index in [9.17, 15) is 13.2 Å². The van der Waals surface area contributed by atoms with Gasteiger partial charge in [-0.05, 0) is 37.1 Å². The minimum atomic E-state index is -3.25. The zero-order chi connectivity index (χ0) is 20.9. The Balaban J connectivity index is 1.64. The first-order valence-corrected chi connectivity index (χ1v) is 12.1. The maximum Gasteiger partial charge on any atom is 0.248 e. The van der Waals surface area contributed by atoms with Gasteiger partial charge in [-0.25, -0.2) is 8.42 Å². The molecule has 3 aromatic rings. The van der Waals surface area contributed by atoms with Crippen molar-refractivity contribution in [3.05, 3.63) is 58.9 Å². The fourth-order valence-corrected chi connectivity index (χ4v) is 5.48. The molecular formula is C21H24N2O4S2. The minimum absolute atomic E-state index is 0.00733. The van der Waals surface area contributed by atoms with E-state index in [0.717, 1.165) is 21.5 Å².